The lowest BCUT2D eigenvalue weighted by atomic mass is 10.1. The molecular formula is C22H21NO6. The summed E-state index contributed by atoms with van der Waals surface area (Å²) in [6.45, 7) is 5.10. The Balaban J connectivity index is 1.61. The molecule has 0 spiro atoms. The van der Waals surface area contributed by atoms with E-state index in [-0.39, 0.29) is 12.4 Å². The van der Waals surface area contributed by atoms with Crippen LogP contribution >= 0.6 is 0 Å². The Kier molecular flexibility index (Phi) is 5.97. The maximum atomic E-state index is 12.3. The van der Waals surface area contributed by atoms with Gasteiger partial charge < -0.3 is 19.2 Å². The third-order valence-corrected chi connectivity index (χ3v) is 4.55. The van der Waals surface area contributed by atoms with E-state index in [4.69, 9.17) is 13.9 Å². The van der Waals surface area contributed by atoms with Gasteiger partial charge >= 0.3 is 17.7 Å². The molecule has 150 valence electrons. The van der Waals surface area contributed by atoms with Crippen LogP contribution in [0.3, 0.4) is 0 Å². The van der Waals surface area contributed by atoms with Crippen molar-refractivity contribution in [1.29, 1.82) is 0 Å². The van der Waals surface area contributed by atoms with E-state index < -0.39 is 23.7 Å². The summed E-state index contributed by atoms with van der Waals surface area (Å²) in [7, 11) is 0. The molecule has 0 radical (unpaired) electrons. The van der Waals surface area contributed by atoms with Crippen LogP contribution in [0.4, 0.5) is 4.79 Å². The summed E-state index contributed by atoms with van der Waals surface area (Å²) in [5.74, 6) is -0.465. The van der Waals surface area contributed by atoms with E-state index in [1.54, 1.807) is 19.1 Å². The van der Waals surface area contributed by atoms with Crippen LogP contribution in [0.25, 0.3) is 11.0 Å². The molecule has 29 heavy (non-hydrogen) atoms. The average Bonchev–Trinajstić information content (AvgIpc) is 2.71. The van der Waals surface area contributed by atoms with Crippen molar-refractivity contribution in [1.82, 2.24) is 5.32 Å². The second kappa shape index (κ2) is 8.60. The van der Waals surface area contributed by atoms with Crippen LogP contribution in [0.2, 0.25) is 0 Å². The van der Waals surface area contributed by atoms with Crippen LogP contribution in [-0.2, 0) is 16.1 Å². The number of rotatable bonds is 5. The zero-order valence-electron chi connectivity index (χ0n) is 16.4. The topological polar surface area (TPSA) is 94.8 Å². The lowest BCUT2D eigenvalue weighted by molar-refractivity contribution is -0.136. The standard InChI is InChI=1S/C22H21NO6/c1-13-14(2)20(24)29-19-11-17(9-10-18(13)19)28-21(25)15(3)23-22(26)27-12-16-7-5-4-6-8-16/h4-11,15H,12H2,1-3H3,(H,23,26)/t15-/m0/s1. The Hall–Kier alpha value is -3.61. The number of alkyl carbamates (subject to hydrolysis) is 1. The first-order chi connectivity index (χ1) is 13.8. The predicted octanol–water partition coefficient (Wildman–Crippen LogP) is 3.63. The number of aryl methyl sites for hydroxylation is 1. The van der Waals surface area contributed by atoms with Crippen molar-refractivity contribution in [2.45, 2.75) is 33.4 Å². The highest BCUT2D eigenvalue weighted by Crippen LogP contribution is 2.24. The summed E-state index contributed by atoms with van der Waals surface area (Å²) >= 11 is 0. The molecule has 1 amide bonds. The third-order valence-electron chi connectivity index (χ3n) is 4.55. The summed E-state index contributed by atoms with van der Waals surface area (Å²) in [5, 5.41) is 3.19. The number of amides is 1. The third kappa shape index (κ3) is 4.82. The molecule has 2 aromatic carbocycles. The molecule has 1 atom stereocenters. The lowest BCUT2D eigenvalue weighted by Gasteiger charge is -2.14. The molecular weight excluding hydrogens is 374 g/mol. The molecule has 1 N–H and O–H groups in total. The molecule has 1 heterocycles. The molecule has 0 aliphatic heterocycles. The number of fused-ring (bicyclic) bond motifs is 1. The fourth-order valence-electron chi connectivity index (χ4n) is 2.70. The molecule has 0 fully saturated rings. The van der Waals surface area contributed by atoms with Gasteiger partial charge in [0.25, 0.3) is 0 Å². The van der Waals surface area contributed by atoms with Gasteiger partial charge in [-0.25, -0.2) is 14.4 Å². The Morgan fingerprint density at radius 1 is 1.07 bits per heavy atom. The zero-order valence-corrected chi connectivity index (χ0v) is 16.4. The van der Waals surface area contributed by atoms with Crippen molar-refractivity contribution in [3.8, 4) is 5.75 Å². The molecule has 0 bridgehead atoms. The van der Waals surface area contributed by atoms with Crippen LogP contribution in [0.1, 0.15) is 23.6 Å². The maximum absolute atomic E-state index is 12.3. The Labute approximate surface area is 167 Å². The molecule has 7 heteroatoms. The van der Waals surface area contributed by atoms with Gasteiger partial charge in [0.15, 0.2) is 0 Å². The van der Waals surface area contributed by atoms with E-state index in [1.807, 2.05) is 37.3 Å². The molecule has 3 aromatic rings. The minimum Gasteiger partial charge on any atom is -0.445 e. The molecule has 0 aliphatic carbocycles. The van der Waals surface area contributed by atoms with Crippen molar-refractivity contribution in [2.24, 2.45) is 0 Å². The Bertz CT molecular complexity index is 1100. The van der Waals surface area contributed by atoms with Gasteiger partial charge in [-0.2, -0.15) is 0 Å². The van der Waals surface area contributed by atoms with Crippen LogP contribution in [-0.4, -0.2) is 18.1 Å². The number of carbonyl (C=O) groups excluding carboxylic acids is 2. The van der Waals surface area contributed by atoms with Crippen LogP contribution in [0.5, 0.6) is 5.75 Å². The van der Waals surface area contributed by atoms with Gasteiger partial charge in [-0.15, -0.1) is 0 Å². The minimum absolute atomic E-state index is 0.0942. The normalized spacial score (nSPS) is 11.7. The highest BCUT2D eigenvalue weighted by atomic mass is 16.6. The SMILES string of the molecule is Cc1c(C)c2ccc(OC(=O)[C@H](C)NC(=O)OCc3ccccc3)cc2oc1=O. The van der Waals surface area contributed by atoms with Crippen LogP contribution in [0.15, 0.2) is 57.7 Å². The number of hydrogen-bond donors (Lipinski definition) is 1. The van der Waals surface area contributed by atoms with E-state index in [0.29, 0.717) is 11.1 Å². The van der Waals surface area contributed by atoms with E-state index in [1.165, 1.54) is 13.0 Å². The number of carbonyl (C=O) groups is 2. The van der Waals surface area contributed by atoms with Crippen molar-refractivity contribution >= 4 is 23.0 Å². The van der Waals surface area contributed by atoms with Crippen LogP contribution < -0.4 is 15.7 Å². The number of benzene rings is 2. The molecule has 3 rings (SSSR count). The quantitative estimate of drug-likeness (QED) is 0.403. The fraction of sp³-hybridized carbons (Fsp3) is 0.227. The van der Waals surface area contributed by atoms with E-state index in [9.17, 15) is 14.4 Å². The van der Waals surface area contributed by atoms with Gasteiger partial charge in [0.05, 0.1) is 0 Å². The van der Waals surface area contributed by atoms with Gasteiger partial charge in [-0.3, -0.25) is 0 Å². The molecule has 1 aromatic heterocycles. The summed E-state index contributed by atoms with van der Waals surface area (Å²) in [4.78, 5) is 36.0. The van der Waals surface area contributed by atoms with Crippen LogP contribution in [0, 0.1) is 13.8 Å². The van der Waals surface area contributed by atoms with Gasteiger partial charge in [-0.1, -0.05) is 30.3 Å². The molecule has 0 saturated carbocycles. The van der Waals surface area contributed by atoms with E-state index >= 15 is 0 Å². The number of hydrogen-bond acceptors (Lipinski definition) is 6. The average molecular weight is 395 g/mol. The molecule has 7 nitrogen and oxygen atoms in total. The first kappa shape index (κ1) is 20.1. The smallest absolute Gasteiger partial charge is 0.408 e. The second-order valence-electron chi connectivity index (χ2n) is 6.65. The van der Waals surface area contributed by atoms with Crippen molar-refractivity contribution in [3.05, 3.63) is 75.6 Å². The van der Waals surface area contributed by atoms with Crippen molar-refractivity contribution in [2.75, 3.05) is 0 Å². The first-order valence-corrected chi connectivity index (χ1v) is 9.08. The summed E-state index contributed by atoms with van der Waals surface area (Å²) < 4.78 is 15.6. The second-order valence-corrected chi connectivity index (χ2v) is 6.65. The summed E-state index contributed by atoms with van der Waals surface area (Å²) in [6, 6.07) is 13.1. The first-order valence-electron chi connectivity index (χ1n) is 9.08. The Morgan fingerprint density at radius 3 is 2.52 bits per heavy atom. The number of esters is 1. The number of nitrogens with one attached hydrogen (secondary N) is 1. The highest BCUT2D eigenvalue weighted by molar-refractivity contribution is 5.85. The van der Waals surface area contributed by atoms with Gasteiger partial charge in [0, 0.05) is 17.0 Å². The molecule has 0 aliphatic rings. The Morgan fingerprint density at radius 2 is 1.79 bits per heavy atom. The zero-order chi connectivity index (χ0) is 21.0. The van der Waals surface area contributed by atoms with Gasteiger partial charge in [0.1, 0.15) is 24.0 Å². The van der Waals surface area contributed by atoms with Crippen molar-refractivity contribution < 1.29 is 23.5 Å². The lowest BCUT2D eigenvalue weighted by Crippen LogP contribution is -2.41. The molecule has 0 unspecified atom stereocenters. The number of ether oxygens (including phenoxy) is 2. The minimum atomic E-state index is -0.930. The van der Waals surface area contributed by atoms with E-state index in [0.717, 1.165) is 16.5 Å². The maximum Gasteiger partial charge on any atom is 0.408 e. The van der Waals surface area contributed by atoms with Gasteiger partial charge in [-0.05, 0) is 44.0 Å². The largest absolute Gasteiger partial charge is 0.445 e. The highest BCUT2D eigenvalue weighted by Gasteiger charge is 2.19. The van der Waals surface area contributed by atoms with Crippen molar-refractivity contribution in [3.63, 3.8) is 0 Å². The fourth-order valence-corrected chi connectivity index (χ4v) is 2.70. The van der Waals surface area contributed by atoms with Gasteiger partial charge in [0.2, 0.25) is 0 Å². The summed E-state index contributed by atoms with van der Waals surface area (Å²) in [5.41, 5.74) is 2.07. The molecule has 0 saturated heterocycles. The van der Waals surface area contributed by atoms with E-state index in [2.05, 4.69) is 5.32 Å². The predicted molar refractivity (Wildman–Crippen MR) is 107 cm³/mol. The summed E-state index contributed by atoms with van der Waals surface area (Å²) in [6.07, 6.45) is -0.728. The monoisotopic (exact) mass is 395 g/mol.